The largest absolute Gasteiger partial charge is 0.352 e. The molecule has 2 aromatic rings. The average Bonchev–Trinajstić information content (AvgIpc) is 2.76. The Hall–Kier alpha value is -1.46. The van der Waals surface area contributed by atoms with Crippen LogP contribution >= 0.6 is 46.4 Å². The summed E-state index contributed by atoms with van der Waals surface area (Å²) < 4.78 is 0. The normalized spacial score (nSPS) is 15.3. The molecule has 1 N–H and O–H groups in total. The first kappa shape index (κ1) is 25.2. The Morgan fingerprint density at radius 1 is 1.00 bits per heavy atom. The number of halogens is 4. The maximum atomic E-state index is 13.4. The Morgan fingerprint density at radius 2 is 1.66 bits per heavy atom. The SMILES string of the molecule is CC(C(=O)NC1CCCCC1)N(Cc1ccc(Cl)cc1Cl)C(=O)Cc1c(Cl)cccc1Cl. The van der Waals surface area contributed by atoms with Gasteiger partial charge in [0.05, 0.1) is 6.42 Å². The number of amides is 2. The number of hydrogen-bond acceptors (Lipinski definition) is 2. The second-order valence-corrected chi connectivity index (χ2v) is 9.81. The maximum Gasteiger partial charge on any atom is 0.242 e. The van der Waals surface area contributed by atoms with E-state index in [0.29, 0.717) is 31.2 Å². The lowest BCUT2D eigenvalue weighted by Crippen LogP contribution is -2.50. The van der Waals surface area contributed by atoms with Gasteiger partial charge in [-0.2, -0.15) is 0 Å². The summed E-state index contributed by atoms with van der Waals surface area (Å²) in [4.78, 5) is 28.0. The molecule has 32 heavy (non-hydrogen) atoms. The molecule has 8 heteroatoms. The summed E-state index contributed by atoms with van der Waals surface area (Å²) in [5.74, 6) is -0.446. The van der Waals surface area contributed by atoms with Gasteiger partial charge >= 0.3 is 0 Å². The van der Waals surface area contributed by atoms with Crippen LogP contribution in [0.15, 0.2) is 36.4 Å². The zero-order valence-electron chi connectivity index (χ0n) is 17.8. The third-order valence-corrected chi connectivity index (χ3v) is 7.16. The van der Waals surface area contributed by atoms with Crippen molar-refractivity contribution < 1.29 is 9.59 Å². The van der Waals surface area contributed by atoms with Crippen molar-refractivity contribution in [3.63, 3.8) is 0 Å². The van der Waals surface area contributed by atoms with Crippen LogP contribution in [-0.2, 0) is 22.6 Å². The molecule has 1 aliphatic carbocycles. The smallest absolute Gasteiger partial charge is 0.242 e. The Balaban J connectivity index is 1.83. The van der Waals surface area contributed by atoms with Gasteiger partial charge in [-0.3, -0.25) is 9.59 Å². The first-order valence-electron chi connectivity index (χ1n) is 10.7. The summed E-state index contributed by atoms with van der Waals surface area (Å²) in [5, 5.41) is 4.87. The fourth-order valence-electron chi connectivity index (χ4n) is 3.94. The van der Waals surface area contributed by atoms with Gasteiger partial charge in [0, 0.05) is 32.7 Å². The molecule has 1 aliphatic rings. The van der Waals surface area contributed by atoms with Crippen LogP contribution in [0.25, 0.3) is 0 Å². The van der Waals surface area contributed by atoms with E-state index in [2.05, 4.69) is 5.32 Å². The van der Waals surface area contributed by atoms with Crippen LogP contribution in [0.5, 0.6) is 0 Å². The average molecular weight is 516 g/mol. The van der Waals surface area contributed by atoms with Gasteiger partial charge < -0.3 is 10.2 Å². The number of carbonyl (C=O) groups excluding carboxylic acids is 2. The van der Waals surface area contributed by atoms with Crippen LogP contribution in [0.1, 0.15) is 50.2 Å². The number of carbonyl (C=O) groups is 2. The van der Waals surface area contributed by atoms with Crippen LogP contribution in [0, 0.1) is 0 Å². The third-order valence-electron chi connectivity index (χ3n) is 5.86. The molecule has 1 saturated carbocycles. The Bertz CT molecular complexity index is 956. The van der Waals surface area contributed by atoms with Crippen molar-refractivity contribution in [2.45, 2.75) is 64.1 Å². The monoisotopic (exact) mass is 514 g/mol. The molecule has 1 atom stereocenters. The minimum atomic E-state index is -0.697. The molecule has 0 radical (unpaired) electrons. The molecule has 0 saturated heterocycles. The molecule has 1 unspecified atom stereocenters. The molecule has 4 nitrogen and oxygen atoms in total. The fourth-order valence-corrected chi connectivity index (χ4v) is 4.94. The highest BCUT2D eigenvalue weighted by Gasteiger charge is 2.29. The summed E-state index contributed by atoms with van der Waals surface area (Å²) in [7, 11) is 0. The number of nitrogens with zero attached hydrogens (tertiary/aromatic N) is 1. The second kappa shape index (κ2) is 11.6. The fraction of sp³-hybridized carbons (Fsp3) is 0.417. The first-order valence-corrected chi connectivity index (χ1v) is 12.2. The van der Waals surface area contributed by atoms with E-state index < -0.39 is 6.04 Å². The predicted octanol–water partition coefficient (Wildman–Crippen LogP) is 6.71. The maximum absolute atomic E-state index is 13.4. The van der Waals surface area contributed by atoms with E-state index in [-0.39, 0.29) is 30.8 Å². The van der Waals surface area contributed by atoms with Crippen molar-refractivity contribution in [2.75, 3.05) is 0 Å². The Labute approximate surface area is 209 Å². The topological polar surface area (TPSA) is 49.4 Å². The molecule has 0 aromatic heterocycles. The molecule has 172 valence electrons. The van der Waals surface area contributed by atoms with Gasteiger partial charge in [0.2, 0.25) is 11.8 Å². The van der Waals surface area contributed by atoms with E-state index in [0.717, 1.165) is 25.7 Å². The van der Waals surface area contributed by atoms with Gasteiger partial charge in [0.25, 0.3) is 0 Å². The highest BCUT2D eigenvalue weighted by Crippen LogP contribution is 2.27. The standard InChI is InChI=1S/C24H26Cl4N2O2/c1-15(24(32)29-18-6-3-2-4-7-18)30(14-16-10-11-17(25)12-22(16)28)23(31)13-19-20(26)8-5-9-21(19)27/h5,8-12,15,18H,2-4,6-7,13-14H2,1H3,(H,29,32). The summed E-state index contributed by atoms with van der Waals surface area (Å²) in [6.07, 6.45) is 5.31. The molecule has 0 aliphatic heterocycles. The van der Waals surface area contributed by atoms with E-state index in [1.165, 1.54) is 11.3 Å². The zero-order chi connectivity index (χ0) is 23.3. The van der Waals surface area contributed by atoms with Gasteiger partial charge in [-0.25, -0.2) is 0 Å². The lowest BCUT2D eigenvalue weighted by atomic mass is 9.95. The first-order chi connectivity index (χ1) is 15.3. The minimum Gasteiger partial charge on any atom is -0.352 e. The van der Waals surface area contributed by atoms with Crippen LogP contribution < -0.4 is 5.32 Å². The molecule has 0 heterocycles. The number of hydrogen-bond donors (Lipinski definition) is 1. The van der Waals surface area contributed by atoms with Gasteiger partial charge in [-0.05, 0) is 55.2 Å². The van der Waals surface area contributed by atoms with Gasteiger partial charge in [-0.1, -0.05) is 77.8 Å². The summed E-state index contributed by atoms with van der Waals surface area (Å²) >= 11 is 24.9. The molecule has 2 aromatic carbocycles. The van der Waals surface area contributed by atoms with E-state index in [9.17, 15) is 9.59 Å². The van der Waals surface area contributed by atoms with Crippen LogP contribution in [-0.4, -0.2) is 28.8 Å². The van der Waals surface area contributed by atoms with E-state index >= 15 is 0 Å². The quantitative estimate of drug-likeness (QED) is 0.445. The molecular weight excluding hydrogens is 490 g/mol. The molecule has 1 fully saturated rings. The van der Waals surface area contributed by atoms with Gasteiger partial charge in [0.15, 0.2) is 0 Å². The number of nitrogens with one attached hydrogen (secondary N) is 1. The molecule has 0 spiro atoms. The van der Waals surface area contributed by atoms with E-state index in [1.807, 2.05) is 0 Å². The van der Waals surface area contributed by atoms with Crippen LogP contribution in [0.2, 0.25) is 20.1 Å². The zero-order valence-corrected chi connectivity index (χ0v) is 20.9. The predicted molar refractivity (Wildman–Crippen MR) is 132 cm³/mol. The van der Waals surface area contributed by atoms with Crippen molar-refractivity contribution in [3.8, 4) is 0 Å². The van der Waals surface area contributed by atoms with Crippen molar-refractivity contribution in [3.05, 3.63) is 67.6 Å². The van der Waals surface area contributed by atoms with Crippen molar-refractivity contribution in [1.29, 1.82) is 0 Å². The second-order valence-electron chi connectivity index (χ2n) is 8.15. The lowest BCUT2D eigenvalue weighted by molar-refractivity contribution is -0.140. The van der Waals surface area contributed by atoms with Crippen molar-refractivity contribution in [1.82, 2.24) is 10.2 Å². The van der Waals surface area contributed by atoms with Crippen molar-refractivity contribution >= 4 is 58.2 Å². The Morgan fingerprint density at radius 3 is 2.28 bits per heavy atom. The molecule has 2 amide bonds. The highest BCUT2D eigenvalue weighted by atomic mass is 35.5. The molecular formula is C24H26Cl4N2O2. The minimum absolute atomic E-state index is 0.0231. The summed E-state index contributed by atoms with van der Waals surface area (Å²) in [6, 6.07) is 9.65. The van der Waals surface area contributed by atoms with Gasteiger partial charge in [0.1, 0.15) is 6.04 Å². The summed E-state index contributed by atoms with van der Waals surface area (Å²) in [6.45, 7) is 1.89. The van der Waals surface area contributed by atoms with E-state index in [1.54, 1.807) is 43.3 Å². The van der Waals surface area contributed by atoms with Crippen LogP contribution in [0.4, 0.5) is 0 Å². The number of rotatable bonds is 7. The Kier molecular flexibility index (Phi) is 9.13. The van der Waals surface area contributed by atoms with Crippen molar-refractivity contribution in [2.24, 2.45) is 0 Å². The summed E-state index contributed by atoms with van der Waals surface area (Å²) in [5.41, 5.74) is 1.24. The van der Waals surface area contributed by atoms with Crippen LogP contribution in [0.3, 0.4) is 0 Å². The lowest BCUT2D eigenvalue weighted by Gasteiger charge is -2.31. The van der Waals surface area contributed by atoms with Gasteiger partial charge in [-0.15, -0.1) is 0 Å². The highest BCUT2D eigenvalue weighted by molar-refractivity contribution is 6.36. The number of benzene rings is 2. The molecule has 3 rings (SSSR count). The van der Waals surface area contributed by atoms with E-state index in [4.69, 9.17) is 46.4 Å². The third kappa shape index (κ3) is 6.54. The molecule has 0 bridgehead atoms.